The van der Waals surface area contributed by atoms with Gasteiger partial charge in [0.2, 0.25) is 0 Å². The number of nitrogens with zero attached hydrogens (tertiary/aromatic N) is 2. The first-order chi connectivity index (χ1) is 19.0. The normalized spacial score (nSPS) is 11.1. The number of aryl methyl sites for hydroxylation is 2. The van der Waals surface area contributed by atoms with Gasteiger partial charge in [-0.15, -0.1) is 0 Å². The molecule has 4 rings (SSSR count). The molecule has 7 nitrogen and oxygen atoms in total. The second kappa shape index (κ2) is 11.4. The number of hydrogen-bond acceptors (Lipinski definition) is 5. The van der Waals surface area contributed by atoms with Crippen molar-refractivity contribution < 1.29 is 32.5 Å². The monoisotopic (exact) mass is 548 g/mol. The largest absolute Gasteiger partial charge is 0.482 e. The van der Waals surface area contributed by atoms with Crippen molar-refractivity contribution in [3.63, 3.8) is 0 Å². The van der Waals surface area contributed by atoms with Gasteiger partial charge in [0.15, 0.2) is 6.61 Å². The Morgan fingerprint density at radius 3 is 2.30 bits per heavy atom. The Hall–Kier alpha value is -5.04. The molecule has 0 aliphatic carbocycles. The summed E-state index contributed by atoms with van der Waals surface area (Å²) in [5.74, 6) is -0.161. The van der Waals surface area contributed by atoms with Crippen LogP contribution in [0.25, 0.3) is 11.3 Å². The lowest BCUT2D eigenvalue weighted by Crippen LogP contribution is -2.29. The van der Waals surface area contributed by atoms with Crippen LogP contribution >= 0.6 is 0 Å². The molecular weight excluding hydrogens is 525 g/mol. The van der Waals surface area contributed by atoms with Gasteiger partial charge in [-0.05, 0) is 73.0 Å². The average Bonchev–Trinajstić information content (AvgIpc) is 2.90. The third-order valence-corrected chi connectivity index (χ3v) is 6.10. The number of nitriles is 1. The van der Waals surface area contributed by atoms with Gasteiger partial charge in [-0.25, -0.2) is 4.79 Å². The Balaban J connectivity index is 1.74. The van der Waals surface area contributed by atoms with E-state index in [-0.39, 0.29) is 18.0 Å². The molecule has 0 aliphatic heterocycles. The van der Waals surface area contributed by atoms with Crippen molar-refractivity contribution in [1.29, 1.82) is 5.26 Å². The van der Waals surface area contributed by atoms with E-state index in [4.69, 9.17) is 14.6 Å². The molecule has 0 saturated carbocycles. The Kier molecular flexibility index (Phi) is 7.95. The number of carboxylic acids is 1. The molecule has 0 unspecified atom stereocenters. The van der Waals surface area contributed by atoms with E-state index in [0.717, 1.165) is 22.8 Å². The van der Waals surface area contributed by atoms with Gasteiger partial charge < -0.3 is 19.1 Å². The summed E-state index contributed by atoms with van der Waals surface area (Å²) in [6.45, 7) is 3.19. The summed E-state index contributed by atoms with van der Waals surface area (Å²) in [5.41, 5.74) is -0.428. The molecule has 0 amide bonds. The van der Waals surface area contributed by atoms with Gasteiger partial charge in [-0.2, -0.15) is 18.4 Å². The molecule has 0 aliphatic rings. The van der Waals surface area contributed by atoms with Crippen molar-refractivity contribution in [2.24, 2.45) is 0 Å². The fraction of sp³-hybridized carbons (Fsp3) is 0.167. The molecule has 0 spiro atoms. The molecule has 4 aromatic rings. The predicted molar refractivity (Wildman–Crippen MR) is 141 cm³/mol. The standard InChI is InChI=1S/C30H23F3N2O5/c1-18-6-7-21(19(2)12-18)16-35-27(14-26(30(31,32)33)25(15-34)29(35)38)20-8-10-22(11-9-20)40-24-5-3-4-23(13-24)39-17-28(36)37/h3-14H,16-17H2,1-2H3,(H,36,37). The summed E-state index contributed by atoms with van der Waals surface area (Å²) in [7, 11) is 0. The van der Waals surface area contributed by atoms with Crippen molar-refractivity contribution in [3.05, 3.63) is 111 Å². The highest BCUT2D eigenvalue weighted by Crippen LogP contribution is 2.35. The van der Waals surface area contributed by atoms with Crippen LogP contribution in [0, 0.1) is 25.2 Å². The summed E-state index contributed by atoms with van der Waals surface area (Å²) in [4.78, 5) is 24.0. The van der Waals surface area contributed by atoms with Crippen molar-refractivity contribution in [2.75, 3.05) is 6.61 Å². The van der Waals surface area contributed by atoms with E-state index in [1.54, 1.807) is 24.3 Å². The van der Waals surface area contributed by atoms with Crippen LogP contribution in [0.4, 0.5) is 13.2 Å². The molecule has 204 valence electrons. The number of rotatable bonds is 8. The van der Waals surface area contributed by atoms with Gasteiger partial charge in [0.25, 0.3) is 5.56 Å². The zero-order valence-electron chi connectivity index (χ0n) is 21.5. The smallest absolute Gasteiger partial charge is 0.417 e. The maximum atomic E-state index is 13.9. The van der Waals surface area contributed by atoms with Gasteiger partial charge in [-0.1, -0.05) is 29.8 Å². The van der Waals surface area contributed by atoms with Crippen LogP contribution < -0.4 is 15.0 Å². The van der Waals surface area contributed by atoms with E-state index in [1.807, 2.05) is 26.0 Å². The minimum atomic E-state index is -4.91. The fourth-order valence-electron chi connectivity index (χ4n) is 4.17. The molecular formula is C30H23F3N2O5. The Labute approximate surface area is 227 Å². The quantitative estimate of drug-likeness (QED) is 0.276. The van der Waals surface area contributed by atoms with Crippen molar-refractivity contribution in [1.82, 2.24) is 4.57 Å². The summed E-state index contributed by atoms with van der Waals surface area (Å²) in [5, 5.41) is 18.2. The molecule has 40 heavy (non-hydrogen) atoms. The zero-order valence-corrected chi connectivity index (χ0v) is 21.5. The zero-order chi connectivity index (χ0) is 29.0. The summed E-state index contributed by atoms with van der Waals surface area (Å²) >= 11 is 0. The van der Waals surface area contributed by atoms with E-state index in [2.05, 4.69) is 0 Å². The highest BCUT2D eigenvalue weighted by Gasteiger charge is 2.36. The number of carbonyl (C=O) groups is 1. The first kappa shape index (κ1) is 28.0. The molecule has 0 radical (unpaired) electrons. The van der Waals surface area contributed by atoms with Crippen molar-refractivity contribution in [2.45, 2.75) is 26.6 Å². The second-order valence-electron chi connectivity index (χ2n) is 9.03. The summed E-state index contributed by atoms with van der Waals surface area (Å²) in [6, 6.07) is 20.2. The molecule has 0 fully saturated rings. The van der Waals surface area contributed by atoms with Gasteiger partial charge >= 0.3 is 12.1 Å². The third kappa shape index (κ3) is 6.32. The van der Waals surface area contributed by atoms with Crippen LogP contribution in [0.15, 0.2) is 77.6 Å². The Morgan fingerprint density at radius 2 is 1.68 bits per heavy atom. The molecule has 1 heterocycles. The topological polar surface area (TPSA) is 102 Å². The number of benzene rings is 3. The highest BCUT2D eigenvalue weighted by molar-refractivity contribution is 5.68. The Bertz CT molecular complexity index is 1670. The van der Waals surface area contributed by atoms with Crippen LogP contribution in [0.3, 0.4) is 0 Å². The maximum absolute atomic E-state index is 13.9. The minimum Gasteiger partial charge on any atom is -0.482 e. The lowest BCUT2D eigenvalue weighted by Gasteiger charge is -2.19. The molecule has 10 heteroatoms. The number of ether oxygens (including phenoxy) is 2. The first-order valence-electron chi connectivity index (χ1n) is 12.0. The van der Waals surface area contributed by atoms with Crippen molar-refractivity contribution >= 4 is 5.97 Å². The molecule has 0 atom stereocenters. The van der Waals surface area contributed by atoms with Crippen LogP contribution in [-0.2, 0) is 17.5 Å². The number of pyridine rings is 1. The van der Waals surface area contributed by atoms with E-state index in [0.29, 0.717) is 17.1 Å². The van der Waals surface area contributed by atoms with Gasteiger partial charge in [0, 0.05) is 6.07 Å². The number of carboxylic acid groups (broad SMARTS) is 1. The minimum absolute atomic E-state index is 0.00748. The first-order valence-corrected chi connectivity index (χ1v) is 12.0. The van der Waals surface area contributed by atoms with Gasteiger partial charge in [0.05, 0.1) is 17.8 Å². The fourth-order valence-corrected chi connectivity index (χ4v) is 4.17. The summed E-state index contributed by atoms with van der Waals surface area (Å²) in [6.07, 6.45) is -4.91. The number of hydrogen-bond donors (Lipinski definition) is 1. The van der Waals surface area contributed by atoms with Crippen LogP contribution in [0.1, 0.15) is 27.8 Å². The van der Waals surface area contributed by atoms with E-state index in [9.17, 15) is 28.0 Å². The predicted octanol–water partition coefficient (Wildman–Crippen LogP) is 6.33. The van der Waals surface area contributed by atoms with Gasteiger partial charge in [0.1, 0.15) is 28.9 Å². The molecule has 0 saturated heterocycles. The third-order valence-electron chi connectivity index (χ3n) is 6.10. The average molecular weight is 549 g/mol. The van der Waals surface area contributed by atoms with E-state index < -0.39 is 35.4 Å². The van der Waals surface area contributed by atoms with Crippen LogP contribution in [0.2, 0.25) is 0 Å². The van der Waals surface area contributed by atoms with E-state index in [1.165, 1.54) is 41.0 Å². The van der Waals surface area contributed by atoms with Crippen LogP contribution in [-0.4, -0.2) is 22.2 Å². The number of aliphatic carboxylic acids is 1. The summed E-state index contributed by atoms with van der Waals surface area (Å²) < 4.78 is 53.7. The lowest BCUT2D eigenvalue weighted by atomic mass is 10.0. The van der Waals surface area contributed by atoms with Crippen LogP contribution in [0.5, 0.6) is 17.2 Å². The van der Waals surface area contributed by atoms with Gasteiger partial charge in [-0.3, -0.25) is 4.79 Å². The highest BCUT2D eigenvalue weighted by atomic mass is 19.4. The number of halogens is 3. The molecule has 3 aromatic carbocycles. The van der Waals surface area contributed by atoms with Crippen molar-refractivity contribution in [3.8, 4) is 34.6 Å². The SMILES string of the molecule is Cc1ccc(Cn2c(-c3ccc(Oc4cccc(OCC(=O)O)c4)cc3)cc(C(F)(F)F)c(C#N)c2=O)c(C)c1. The molecule has 1 N–H and O–H groups in total. The number of alkyl halides is 3. The Morgan fingerprint density at radius 1 is 0.975 bits per heavy atom. The molecule has 0 bridgehead atoms. The van der Waals surface area contributed by atoms with E-state index >= 15 is 0 Å². The maximum Gasteiger partial charge on any atom is 0.417 e. The molecule has 1 aromatic heterocycles. The number of aromatic nitrogens is 1. The second-order valence-corrected chi connectivity index (χ2v) is 9.03. The lowest BCUT2D eigenvalue weighted by molar-refractivity contribution is -0.139.